The van der Waals surface area contributed by atoms with Gasteiger partial charge in [0, 0.05) is 6.42 Å². The monoisotopic (exact) mass is 1400 g/mol. The lowest BCUT2D eigenvalue weighted by atomic mass is 9.96. The predicted molar refractivity (Wildman–Crippen MR) is 388 cm³/mol. The number of aliphatic hydroxyl groups excluding tert-OH is 11. The van der Waals surface area contributed by atoms with E-state index >= 15 is 0 Å². The molecule has 19 heteroatoms. The Balaban J connectivity index is 1.38. The van der Waals surface area contributed by atoms with Crippen LogP contribution in [0.1, 0.15) is 341 Å². The lowest BCUT2D eigenvalue weighted by Gasteiger charge is -2.48. The van der Waals surface area contributed by atoms with Crippen molar-refractivity contribution >= 4 is 5.91 Å². The van der Waals surface area contributed by atoms with Gasteiger partial charge in [0.05, 0.1) is 38.6 Å². The van der Waals surface area contributed by atoms with Crippen molar-refractivity contribution in [3.05, 3.63) is 24.3 Å². The number of rotatable bonds is 65. The van der Waals surface area contributed by atoms with E-state index in [-0.39, 0.29) is 18.9 Å². The van der Waals surface area contributed by atoms with Crippen LogP contribution in [0.25, 0.3) is 0 Å². The standard InChI is InChI=1S/C79H149NO18/c1-3-5-7-9-11-13-15-17-19-21-23-25-27-28-29-30-31-32-33-35-36-38-40-42-44-46-48-50-52-54-56-63(84)62(80-67(85)57-55-53-51-49-47-45-43-41-39-37-34-26-24-22-20-18-16-14-12-10-8-6-4-2)61-93-77-73(91)70(88)75(65(59-82)95-77)98-79-74(92)71(89)76(66(60-83)96-79)97-78-72(90)69(87)68(86)64(58-81)94-78/h46,48,54,56,62-66,68-79,81-84,86-92H,3-45,47,49-53,55,57-61H2,1-2H3,(H,80,85)/b48-46+,56-54+. The molecule has 3 aliphatic heterocycles. The van der Waals surface area contributed by atoms with Crippen molar-refractivity contribution in [2.45, 2.75) is 446 Å². The highest BCUT2D eigenvalue weighted by Crippen LogP contribution is 2.33. The lowest BCUT2D eigenvalue weighted by Crippen LogP contribution is -2.66. The molecule has 578 valence electrons. The van der Waals surface area contributed by atoms with Crippen molar-refractivity contribution in [1.29, 1.82) is 0 Å². The molecular formula is C79H149NO18. The average molecular weight is 1400 g/mol. The van der Waals surface area contributed by atoms with Crippen LogP contribution < -0.4 is 5.32 Å². The first-order valence-corrected chi connectivity index (χ1v) is 40.6. The van der Waals surface area contributed by atoms with Gasteiger partial charge in [0.1, 0.15) is 73.2 Å². The Bertz CT molecular complexity index is 1870. The Labute approximate surface area is 594 Å². The Morgan fingerprint density at radius 3 is 1.02 bits per heavy atom. The van der Waals surface area contributed by atoms with Crippen molar-refractivity contribution in [2.75, 3.05) is 26.4 Å². The highest BCUT2D eigenvalue weighted by molar-refractivity contribution is 5.76. The predicted octanol–water partition coefficient (Wildman–Crippen LogP) is 13.3. The molecule has 0 spiro atoms. The molecule has 3 aliphatic rings. The zero-order valence-corrected chi connectivity index (χ0v) is 61.8. The van der Waals surface area contributed by atoms with Crippen molar-refractivity contribution in [3.8, 4) is 0 Å². The summed E-state index contributed by atoms with van der Waals surface area (Å²) in [6.45, 7) is 1.78. The minimum Gasteiger partial charge on any atom is -0.394 e. The van der Waals surface area contributed by atoms with Gasteiger partial charge in [-0.2, -0.15) is 0 Å². The fourth-order valence-electron chi connectivity index (χ4n) is 14.0. The molecule has 3 rings (SSSR count). The summed E-state index contributed by atoms with van der Waals surface area (Å²) in [7, 11) is 0. The first-order valence-electron chi connectivity index (χ1n) is 40.6. The van der Waals surface area contributed by atoms with Crippen molar-refractivity contribution < 1.29 is 89.4 Å². The highest BCUT2D eigenvalue weighted by Gasteiger charge is 2.54. The zero-order valence-electron chi connectivity index (χ0n) is 61.8. The molecule has 0 aromatic rings. The van der Waals surface area contributed by atoms with Gasteiger partial charge in [-0.3, -0.25) is 4.79 Å². The third-order valence-electron chi connectivity index (χ3n) is 20.5. The Morgan fingerprint density at radius 2 is 0.653 bits per heavy atom. The summed E-state index contributed by atoms with van der Waals surface area (Å²) in [5.74, 6) is -0.277. The normalized spacial score (nSPS) is 26.8. The molecule has 12 N–H and O–H groups in total. The molecule has 17 atom stereocenters. The number of carbonyl (C=O) groups excluding carboxylic acids is 1. The van der Waals surface area contributed by atoms with Crippen LogP contribution in [0.4, 0.5) is 0 Å². The number of hydrogen-bond donors (Lipinski definition) is 12. The highest BCUT2D eigenvalue weighted by atomic mass is 16.8. The molecule has 3 fully saturated rings. The minimum atomic E-state index is -1.98. The van der Waals surface area contributed by atoms with Crippen LogP contribution >= 0.6 is 0 Å². The summed E-state index contributed by atoms with van der Waals surface area (Å²) < 4.78 is 34.4. The number of hydrogen-bond acceptors (Lipinski definition) is 18. The minimum absolute atomic E-state index is 0.241. The van der Waals surface area contributed by atoms with Gasteiger partial charge >= 0.3 is 0 Å². The summed E-state index contributed by atoms with van der Waals surface area (Å²) in [6, 6.07) is -0.988. The molecule has 1 amide bonds. The summed E-state index contributed by atoms with van der Waals surface area (Å²) >= 11 is 0. The van der Waals surface area contributed by atoms with E-state index in [1.54, 1.807) is 6.08 Å². The Hall–Kier alpha value is -1.73. The number of ether oxygens (including phenoxy) is 6. The zero-order chi connectivity index (χ0) is 71.1. The second kappa shape index (κ2) is 60.5. The topological polar surface area (TPSA) is 307 Å². The third-order valence-corrected chi connectivity index (χ3v) is 20.5. The second-order valence-electron chi connectivity index (χ2n) is 29.2. The molecule has 17 unspecified atom stereocenters. The van der Waals surface area contributed by atoms with Crippen LogP contribution in [0.15, 0.2) is 24.3 Å². The smallest absolute Gasteiger partial charge is 0.220 e. The molecule has 0 saturated carbocycles. The SMILES string of the molecule is CCCCCCCCCCCCCCCCCCCCCCCCCC/C=C/CC/C=C/C(O)C(COC1OC(CO)C(OC2OC(CO)C(OC3OC(CO)C(O)C(O)C3O)C(O)C2O)C(O)C1O)NC(=O)CCCCCCCCCCCCCCCCCCCCCCCCC. The van der Waals surface area contributed by atoms with E-state index in [0.29, 0.717) is 12.8 Å². The van der Waals surface area contributed by atoms with Gasteiger partial charge in [-0.15, -0.1) is 0 Å². The molecule has 0 aromatic heterocycles. The van der Waals surface area contributed by atoms with Crippen LogP contribution in [0.3, 0.4) is 0 Å². The molecule has 0 bridgehead atoms. The van der Waals surface area contributed by atoms with Gasteiger partial charge in [0.2, 0.25) is 5.91 Å². The van der Waals surface area contributed by atoms with Gasteiger partial charge in [0.15, 0.2) is 18.9 Å². The fourth-order valence-corrected chi connectivity index (χ4v) is 14.0. The van der Waals surface area contributed by atoms with Gasteiger partial charge < -0.3 is 89.9 Å². The summed E-state index contributed by atoms with van der Waals surface area (Å²) in [4.78, 5) is 13.5. The summed E-state index contributed by atoms with van der Waals surface area (Å²) in [6.07, 6.45) is 46.0. The number of aliphatic hydroxyl groups is 11. The first-order chi connectivity index (χ1) is 47.8. The second-order valence-corrected chi connectivity index (χ2v) is 29.2. The quantitative estimate of drug-likeness (QED) is 0.0199. The van der Waals surface area contributed by atoms with E-state index in [0.717, 1.165) is 38.5 Å². The summed E-state index contributed by atoms with van der Waals surface area (Å²) in [5.41, 5.74) is 0. The van der Waals surface area contributed by atoms with Crippen LogP contribution in [0.5, 0.6) is 0 Å². The van der Waals surface area contributed by atoms with Gasteiger partial charge in [-0.05, 0) is 32.1 Å². The summed E-state index contributed by atoms with van der Waals surface area (Å²) in [5, 5.41) is 121. The van der Waals surface area contributed by atoms with Crippen molar-refractivity contribution in [2.24, 2.45) is 0 Å². The van der Waals surface area contributed by atoms with Gasteiger partial charge in [-0.25, -0.2) is 0 Å². The van der Waals surface area contributed by atoms with Crippen LogP contribution in [-0.4, -0.2) is 193 Å². The lowest BCUT2D eigenvalue weighted by molar-refractivity contribution is -0.379. The Morgan fingerprint density at radius 1 is 0.357 bits per heavy atom. The van der Waals surface area contributed by atoms with E-state index in [1.807, 2.05) is 6.08 Å². The van der Waals surface area contributed by atoms with Gasteiger partial charge in [0.25, 0.3) is 0 Å². The van der Waals surface area contributed by atoms with Gasteiger partial charge in [-0.1, -0.05) is 327 Å². The molecule has 0 radical (unpaired) electrons. The average Bonchev–Trinajstić information content (AvgIpc) is 0.785. The van der Waals surface area contributed by atoms with Crippen LogP contribution in [0, 0.1) is 0 Å². The van der Waals surface area contributed by atoms with E-state index in [9.17, 15) is 61.0 Å². The van der Waals surface area contributed by atoms with Crippen LogP contribution in [-0.2, 0) is 33.2 Å². The maximum Gasteiger partial charge on any atom is 0.220 e. The fraction of sp³-hybridized carbons (Fsp3) is 0.937. The van der Waals surface area contributed by atoms with Crippen molar-refractivity contribution in [1.82, 2.24) is 5.32 Å². The maximum atomic E-state index is 13.5. The number of carbonyl (C=O) groups is 1. The third kappa shape index (κ3) is 40.5. The van der Waals surface area contributed by atoms with E-state index < -0.39 is 124 Å². The molecule has 0 aromatic carbocycles. The maximum absolute atomic E-state index is 13.5. The van der Waals surface area contributed by atoms with Crippen LogP contribution in [0.2, 0.25) is 0 Å². The largest absolute Gasteiger partial charge is 0.394 e. The van der Waals surface area contributed by atoms with E-state index in [2.05, 4.69) is 31.3 Å². The molecule has 3 heterocycles. The first kappa shape index (κ1) is 90.5. The van der Waals surface area contributed by atoms with Crippen molar-refractivity contribution in [3.63, 3.8) is 0 Å². The Kier molecular flexibility index (Phi) is 55.9. The number of unbranched alkanes of at least 4 members (excludes halogenated alkanes) is 47. The molecular weight excluding hydrogens is 1250 g/mol. The number of nitrogens with one attached hydrogen (secondary N) is 1. The van der Waals surface area contributed by atoms with E-state index in [1.165, 1.54) is 270 Å². The van der Waals surface area contributed by atoms with E-state index in [4.69, 9.17) is 28.4 Å². The molecule has 0 aliphatic carbocycles. The molecule has 98 heavy (non-hydrogen) atoms. The molecule has 3 saturated heterocycles. The molecule has 19 nitrogen and oxygen atoms in total. The number of allylic oxidation sites excluding steroid dienone is 3. The number of amides is 1.